The Labute approximate surface area is 122 Å². The van der Waals surface area contributed by atoms with E-state index in [-0.39, 0.29) is 18.1 Å². The zero-order valence-electron chi connectivity index (χ0n) is 12.1. The summed E-state index contributed by atoms with van der Waals surface area (Å²) in [5, 5.41) is 6.74. The first-order valence-electron chi connectivity index (χ1n) is 7.12. The summed E-state index contributed by atoms with van der Waals surface area (Å²) >= 11 is 0. The van der Waals surface area contributed by atoms with Gasteiger partial charge in [-0.05, 0) is 12.8 Å². The molecule has 1 aromatic rings. The van der Waals surface area contributed by atoms with E-state index in [1.807, 2.05) is 0 Å². The average molecular weight is 296 g/mol. The molecule has 2 saturated heterocycles. The first-order chi connectivity index (χ1) is 10.2. The van der Waals surface area contributed by atoms with Gasteiger partial charge < -0.3 is 19.3 Å². The highest BCUT2D eigenvalue weighted by atomic mass is 16.5. The molecule has 1 amide bonds. The number of hydrogen-bond acceptors (Lipinski definition) is 7. The number of likely N-dealkylation sites (tertiary alicyclic amines) is 1. The van der Waals surface area contributed by atoms with Gasteiger partial charge in [0.15, 0.2) is 5.82 Å². The fraction of sp³-hybridized carbons (Fsp3) is 0.769. The highest BCUT2D eigenvalue weighted by Crippen LogP contribution is 2.28. The Bertz CT molecular complexity index is 484. The molecule has 2 fully saturated rings. The predicted molar refractivity (Wildman–Crippen MR) is 71.2 cm³/mol. The Morgan fingerprint density at radius 1 is 1.43 bits per heavy atom. The average Bonchev–Trinajstić information content (AvgIpc) is 2.93. The number of amides is 1. The van der Waals surface area contributed by atoms with Crippen molar-refractivity contribution < 1.29 is 18.8 Å². The monoisotopic (exact) mass is 296 g/mol. The largest absolute Gasteiger partial charge is 0.377 e. The summed E-state index contributed by atoms with van der Waals surface area (Å²) in [4.78, 5) is 17.7. The maximum Gasteiger partial charge on any atom is 0.246 e. The van der Waals surface area contributed by atoms with Crippen molar-refractivity contribution in [1.82, 2.24) is 20.4 Å². The molecular weight excluding hydrogens is 276 g/mol. The lowest BCUT2D eigenvalue weighted by molar-refractivity contribution is -0.150. The molecule has 0 radical (unpaired) electrons. The number of nitrogens with zero attached hydrogens (tertiary/aromatic N) is 3. The van der Waals surface area contributed by atoms with Crippen LogP contribution in [0.5, 0.6) is 0 Å². The summed E-state index contributed by atoms with van der Waals surface area (Å²) in [6.45, 7) is 3.55. The van der Waals surface area contributed by atoms with Gasteiger partial charge in [0, 0.05) is 26.7 Å². The number of hydrogen-bond donors (Lipinski definition) is 1. The maximum absolute atomic E-state index is 11.2. The summed E-state index contributed by atoms with van der Waals surface area (Å²) in [6, 6.07) is 0. The highest BCUT2D eigenvalue weighted by Gasteiger charge is 2.39. The van der Waals surface area contributed by atoms with Crippen LogP contribution in [0.2, 0.25) is 0 Å². The van der Waals surface area contributed by atoms with E-state index in [1.54, 1.807) is 7.11 Å². The van der Waals surface area contributed by atoms with Crippen LogP contribution in [-0.2, 0) is 27.4 Å². The predicted octanol–water partition coefficient (Wildman–Crippen LogP) is -0.303. The zero-order valence-corrected chi connectivity index (χ0v) is 12.1. The molecule has 0 aliphatic carbocycles. The standard InChI is InChI=1S/C13H20N4O4/c1-19-7-10-15-12(21-16-10)6-17-4-2-13(3-5-17)9-14-11(18)8-20-13/h2-9H2,1H3,(H,14,18). The van der Waals surface area contributed by atoms with Gasteiger partial charge in [0.25, 0.3) is 0 Å². The van der Waals surface area contributed by atoms with E-state index in [4.69, 9.17) is 14.0 Å². The van der Waals surface area contributed by atoms with Crippen LogP contribution in [0.4, 0.5) is 0 Å². The van der Waals surface area contributed by atoms with Crippen LogP contribution >= 0.6 is 0 Å². The minimum absolute atomic E-state index is 0.0282. The number of morpholine rings is 1. The normalized spacial score (nSPS) is 22.4. The lowest BCUT2D eigenvalue weighted by atomic mass is 9.90. The Morgan fingerprint density at radius 2 is 2.24 bits per heavy atom. The fourth-order valence-corrected chi connectivity index (χ4v) is 2.75. The maximum atomic E-state index is 11.2. The number of aromatic nitrogens is 2. The zero-order chi connectivity index (χ0) is 14.7. The minimum atomic E-state index is -0.194. The molecule has 8 nitrogen and oxygen atoms in total. The van der Waals surface area contributed by atoms with Crippen LogP contribution in [-0.4, -0.2) is 59.9 Å². The second-order valence-corrected chi connectivity index (χ2v) is 5.56. The van der Waals surface area contributed by atoms with Crippen molar-refractivity contribution >= 4 is 5.91 Å². The van der Waals surface area contributed by atoms with Crippen molar-refractivity contribution in [2.45, 2.75) is 31.6 Å². The second-order valence-electron chi connectivity index (χ2n) is 5.56. The van der Waals surface area contributed by atoms with Crippen LogP contribution < -0.4 is 5.32 Å². The van der Waals surface area contributed by atoms with E-state index in [2.05, 4.69) is 20.4 Å². The number of carbonyl (C=O) groups excluding carboxylic acids is 1. The lowest BCUT2D eigenvalue weighted by Crippen LogP contribution is -2.57. The molecule has 2 aliphatic heterocycles. The van der Waals surface area contributed by atoms with E-state index in [1.165, 1.54) is 0 Å². The summed E-state index contributed by atoms with van der Waals surface area (Å²) in [5.74, 6) is 1.15. The van der Waals surface area contributed by atoms with E-state index in [9.17, 15) is 4.79 Å². The van der Waals surface area contributed by atoms with Gasteiger partial charge in [-0.1, -0.05) is 5.16 Å². The van der Waals surface area contributed by atoms with Crippen LogP contribution in [0.1, 0.15) is 24.6 Å². The number of carbonyl (C=O) groups is 1. The molecule has 116 valence electrons. The van der Waals surface area contributed by atoms with Gasteiger partial charge in [-0.15, -0.1) is 0 Å². The van der Waals surface area contributed by atoms with E-state index in [0.29, 0.717) is 31.4 Å². The van der Waals surface area contributed by atoms with E-state index >= 15 is 0 Å². The molecule has 1 spiro atoms. The SMILES string of the molecule is COCc1noc(CN2CCC3(CC2)CNC(=O)CO3)n1. The number of nitrogens with one attached hydrogen (secondary N) is 1. The van der Waals surface area contributed by atoms with E-state index < -0.39 is 0 Å². The first kappa shape index (κ1) is 14.4. The van der Waals surface area contributed by atoms with Gasteiger partial charge in [0.05, 0.1) is 12.1 Å². The van der Waals surface area contributed by atoms with Gasteiger partial charge in [-0.25, -0.2) is 0 Å². The van der Waals surface area contributed by atoms with Crippen LogP contribution in [0.25, 0.3) is 0 Å². The summed E-state index contributed by atoms with van der Waals surface area (Å²) in [5.41, 5.74) is -0.194. The van der Waals surface area contributed by atoms with Crippen molar-refractivity contribution in [1.29, 1.82) is 0 Å². The molecule has 1 N–H and O–H groups in total. The van der Waals surface area contributed by atoms with Crippen molar-refractivity contribution in [3.05, 3.63) is 11.7 Å². The third-order valence-electron chi connectivity index (χ3n) is 4.03. The third kappa shape index (κ3) is 3.39. The first-order valence-corrected chi connectivity index (χ1v) is 7.12. The molecule has 0 bridgehead atoms. The van der Waals surface area contributed by atoms with Crippen LogP contribution in [0.15, 0.2) is 4.52 Å². The summed E-state index contributed by atoms with van der Waals surface area (Å²) in [6.07, 6.45) is 1.79. The molecule has 21 heavy (non-hydrogen) atoms. The smallest absolute Gasteiger partial charge is 0.246 e. The van der Waals surface area contributed by atoms with Crippen molar-refractivity contribution in [2.24, 2.45) is 0 Å². The van der Waals surface area contributed by atoms with E-state index in [0.717, 1.165) is 25.9 Å². The fourth-order valence-electron chi connectivity index (χ4n) is 2.75. The van der Waals surface area contributed by atoms with Crippen molar-refractivity contribution in [3.8, 4) is 0 Å². The summed E-state index contributed by atoms with van der Waals surface area (Å²) < 4.78 is 15.9. The quantitative estimate of drug-likeness (QED) is 0.815. The van der Waals surface area contributed by atoms with Gasteiger partial charge in [0.2, 0.25) is 11.8 Å². The number of ether oxygens (including phenoxy) is 2. The highest BCUT2D eigenvalue weighted by molar-refractivity contribution is 5.78. The Balaban J connectivity index is 1.50. The molecule has 0 unspecified atom stereocenters. The van der Waals surface area contributed by atoms with Crippen LogP contribution in [0.3, 0.4) is 0 Å². The summed E-state index contributed by atoms with van der Waals surface area (Å²) in [7, 11) is 1.60. The van der Waals surface area contributed by atoms with Crippen LogP contribution in [0, 0.1) is 0 Å². The van der Waals surface area contributed by atoms with Crippen molar-refractivity contribution in [2.75, 3.05) is 33.4 Å². The lowest BCUT2D eigenvalue weighted by Gasteiger charge is -2.43. The van der Waals surface area contributed by atoms with Gasteiger partial charge in [-0.3, -0.25) is 9.69 Å². The molecule has 0 saturated carbocycles. The Morgan fingerprint density at radius 3 is 2.90 bits per heavy atom. The molecule has 2 aliphatic rings. The molecule has 3 heterocycles. The molecule has 8 heteroatoms. The third-order valence-corrected chi connectivity index (χ3v) is 4.03. The Kier molecular flexibility index (Phi) is 4.18. The molecular formula is C13H20N4O4. The number of piperidine rings is 1. The second kappa shape index (κ2) is 6.08. The molecule has 3 rings (SSSR count). The van der Waals surface area contributed by atoms with Crippen molar-refractivity contribution in [3.63, 3.8) is 0 Å². The van der Waals surface area contributed by atoms with Gasteiger partial charge >= 0.3 is 0 Å². The topological polar surface area (TPSA) is 89.7 Å². The minimum Gasteiger partial charge on any atom is -0.377 e. The molecule has 1 aromatic heterocycles. The number of methoxy groups -OCH3 is 1. The van der Waals surface area contributed by atoms with Gasteiger partial charge in [-0.2, -0.15) is 4.98 Å². The molecule has 0 atom stereocenters. The van der Waals surface area contributed by atoms with Gasteiger partial charge in [0.1, 0.15) is 13.2 Å². The Hall–Kier alpha value is -1.51. The molecule has 0 aromatic carbocycles. The number of rotatable bonds is 4.